The van der Waals surface area contributed by atoms with Gasteiger partial charge in [0.15, 0.2) is 0 Å². The zero-order chi connectivity index (χ0) is 26.7. The number of ether oxygens (including phenoxy) is 1. The van der Waals surface area contributed by atoms with Crippen LogP contribution in [0.5, 0.6) is 0 Å². The monoisotopic (exact) mass is 502 g/mol. The highest BCUT2D eigenvalue weighted by Crippen LogP contribution is 2.13. The molecule has 1 amide bonds. The smallest absolute Gasteiger partial charge is 0.305 e. The Morgan fingerprint density at radius 3 is 2.11 bits per heavy atom. The number of nitrogens with one attached hydrogen (secondary N) is 1. The molecule has 0 atom stereocenters. The molecule has 1 aromatic rings. The molecule has 0 aliphatic rings. The third-order valence-corrected chi connectivity index (χ3v) is 6.64. The molecule has 0 spiro atoms. The van der Waals surface area contributed by atoms with Crippen LogP contribution in [0.1, 0.15) is 78.1 Å². The molecule has 0 aliphatic carbocycles. The van der Waals surface area contributed by atoms with Crippen molar-refractivity contribution in [1.29, 1.82) is 0 Å². The molecule has 0 saturated carbocycles. The summed E-state index contributed by atoms with van der Waals surface area (Å²) in [7, 11) is 4.55. The normalized spacial score (nSPS) is 11.2. The summed E-state index contributed by atoms with van der Waals surface area (Å²) in [6, 6.07) is 10.2. The molecule has 36 heavy (non-hydrogen) atoms. The minimum Gasteiger partial charge on any atom is -0.464 e. The van der Waals surface area contributed by atoms with E-state index in [0.717, 1.165) is 49.9 Å². The van der Waals surface area contributed by atoms with Crippen molar-refractivity contribution >= 4 is 17.6 Å². The molecule has 0 aromatic heterocycles. The molecule has 6 heteroatoms. The van der Waals surface area contributed by atoms with Gasteiger partial charge in [-0.3, -0.25) is 9.59 Å². The second-order valence-electron chi connectivity index (χ2n) is 10.5. The van der Waals surface area contributed by atoms with Crippen LogP contribution in [-0.2, 0) is 14.3 Å². The molecule has 1 aromatic carbocycles. The molecular formula is C30H52N3O3+. The highest BCUT2D eigenvalue weighted by atomic mass is 16.5. The van der Waals surface area contributed by atoms with E-state index in [1.165, 1.54) is 50.8 Å². The molecule has 0 aliphatic heterocycles. The molecule has 0 saturated heterocycles. The first kappa shape index (κ1) is 31.7. The Morgan fingerprint density at radius 2 is 1.50 bits per heavy atom. The Labute approximate surface area is 220 Å². The molecule has 0 heterocycles. The summed E-state index contributed by atoms with van der Waals surface area (Å²) >= 11 is 0. The van der Waals surface area contributed by atoms with E-state index in [1.54, 1.807) is 6.92 Å². The van der Waals surface area contributed by atoms with Crippen LogP contribution in [-0.4, -0.2) is 69.8 Å². The number of quaternary nitrogens is 1. The van der Waals surface area contributed by atoms with E-state index in [-0.39, 0.29) is 11.9 Å². The number of esters is 1. The van der Waals surface area contributed by atoms with Gasteiger partial charge in [-0.05, 0) is 45.2 Å². The third kappa shape index (κ3) is 15.6. The van der Waals surface area contributed by atoms with Crippen LogP contribution in [0.3, 0.4) is 0 Å². The Morgan fingerprint density at radius 1 is 0.917 bits per heavy atom. The van der Waals surface area contributed by atoms with Gasteiger partial charge >= 0.3 is 5.97 Å². The first-order valence-electron chi connectivity index (χ1n) is 14.0. The van der Waals surface area contributed by atoms with Crippen molar-refractivity contribution in [3.63, 3.8) is 0 Å². The van der Waals surface area contributed by atoms with Crippen LogP contribution in [0.15, 0.2) is 42.5 Å². The fourth-order valence-corrected chi connectivity index (χ4v) is 4.29. The van der Waals surface area contributed by atoms with E-state index in [9.17, 15) is 9.59 Å². The maximum atomic E-state index is 12.0. The number of rotatable bonds is 21. The van der Waals surface area contributed by atoms with Gasteiger partial charge in [0.25, 0.3) is 0 Å². The summed E-state index contributed by atoms with van der Waals surface area (Å²) in [5, 5.41) is 2.91. The van der Waals surface area contributed by atoms with Gasteiger partial charge in [0.05, 0.1) is 33.7 Å². The highest BCUT2D eigenvalue weighted by molar-refractivity contribution is 5.91. The van der Waals surface area contributed by atoms with Crippen LogP contribution in [0.25, 0.3) is 0 Å². The summed E-state index contributed by atoms with van der Waals surface area (Å²) in [6.45, 7) is 12.6. The lowest BCUT2D eigenvalue weighted by molar-refractivity contribution is -0.890. The van der Waals surface area contributed by atoms with E-state index in [2.05, 4.69) is 49.9 Å². The van der Waals surface area contributed by atoms with Crippen molar-refractivity contribution < 1.29 is 18.8 Å². The summed E-state index contributed by atoms with van der Waals surface area (Å²) < 4.78 is 6.44. The lowest BCUT2D eigenvalue weighted by atomic mass is 10.1. The van der Waals surface area contributed by atoms with Crippen molar-refractivity contribution in [2.45, 2.75) is 78.1 Å². The number of nitrogens with zero attached hydrogens (tertiary/aromatic N) is 2. The van der Waals surface area contributed by atoms with Gasteiger partial charge in [-0.2, -0.15) is 0 Å². The average Bonchev–Trinajstić information content (AvgIpc) is 2.86. The van der Waals surface area contributed by atoms with Gasteiger partial charge < -0.3 is 19.4 Å². The number of amides is 1. The third-order valence-electron chi connectivity index (χ3n) is 6.64. The molecule has 0 unspecified atom stereocenters. The van der Waals surface area contributed by atoms with Gasteiger partial charge in [0.2, 0.25) is 5.91 Å². The zero-order valence-electron chi connectivity index (χ0n) is 23.5. The summed E-state index contributed by atoms with van der Waals surface area (Å²) in [4.78, 5) is 25.8. The minimum atomic E-state index is -0.0712. The molecule has 6 nitrogen and oxygen atoms in total. The van der Waals surface area contributed by atoms with Crippen molar-refractivity contribution in [1.82, 2.24) is 5.32 Å². The van der Waals surface area contributed by atoms with E-state index in [1.807, 2.05) is 18.2 Å². The standard InChI is InChI=1S/C30H51N3O3/c1-6-32(28-19-14-13-15-20-28)23-26-36-29(34)21-16-11-9-7-8-10-12-17-24-33(4,5)25-18-22-31-30(35)27(2)3/h13-15,19-20H,2,6-12,16-18,21-26H2,1,3-5H3/p+1. The Bertz CT molecular complexity index is 749. The van der Waals surface area contributed by atoms with Crippen LogP contribution in [0, 0.1) is 0 Å². The molecule has 1 rings (SSSR count). The number of carbonyl (C=O) groups excluding carboxylic acids is 2. The first-order chi connectivity index (χ1) is 17.2. The van der Waals surface area contributed by atoms with Gasteiger partial charge in [-0.15, -0.1) is 0 Å². The van der Waals surface area contributed by atoms with Gasteiger partial charge in [-0.25, -0.2) is 0 Å². The second kappa shape index (κ2) is 18.9. The van der Waals surface area contributed by atoms with Crippen LogP contribution in [0.2, 0.25) is 0 Å². The van der Waals surface area contributed by atoms with E-state index in [0.29, 0.717) is 18.6 Å². The Balaban J connectivity index is 1.95. The Kier molecular flexibility index (Phi) is 16.6. The molecule has 1 N–H and O–H groups in total. The van der Waals surface area contributed by atoms with Crippen molar-refractivity contribution in [3.05, 3.63) is 42.5 Å². The molecular weight excluding hydrogens is 450 g/mol. The topological polar surface area (TPSA) is 58.6 Å². The number of carbonyl (C=O) groups is 2. The van der Waals surface area contributed by atoms with Gasteiger partial charge in [0.1, 0.15) is 6.61 Å². The fraction of sp³-hybridized carbons (Fsp3) is 0.667. The predicted molar refractivity (Wildman–Crippen MR) is 151 cm³/mol. The van der Waals surface area contributed by atoms with Crippen LogP contribution >= 0.6 is 0 Å². The summed E-state index contributed by atoms with van der Waals surface area (Å²) in [6.07, 6.45) is 11.1. The number of para-hydroxylation sites is 1. The lowest BCUT2D eigenvalue weighted by Crippen LogP contribution is -2.42. The Hall–Kier alpha value is -2.34. The van der Waals surface area contributed by atoms with Crippen molar-refractivity contribution in [3.8, 4) is 0 Å². The van der Waals surface area contributed by atoms with Crippen LogP contribution < -0.4 is 10.2 Å². The van der Waals surface area contributed by atoms with Crippen molar-refractivity contribution in [2.75, 3.05) is 58.3 Å². The van der Waals surface area contributed by atoms with E-state index >= 15 is 0 Å². The molecule has 204 valence electrons. The number of anilines is 1. The fourth-order valence-electron chi connectivity index (χ4n) is 4.29. The maximum Gasteiger partial charge on any atom is 0.305 e. The second-order valence-corrected chi connectivity index (χ2v) is 10.5. The first-order valence-corrected chi connectivity index (χ1v) is 14.0. The number of hydrogen-bond acceptors (Lipinski definition) is 4. The van der Waals surface area contributed by atoms with E-state index in [4.69, 9.17) is 4.74 Å². The molecule has 0 bridgehead atoms. The number of likely N-dealkylation sites (N-methyl/N-ethyl adjacent to an activating group) is 1. The minimum absolute atomic E-state index is 0.0433. The maximum absolute atomic E-state index is 12.0. The SMILES string of the molecule is C=C(C)C(=O)NCCC[N+](C)(C)CCCCCCCCCCC(=O)OCCN(CC)c1ccccc1. The summed E-state index contributed by atoms with van der Waals surface area (Å²) in [5.41, 5.74) is 1.74. The highest BCUT2D eigenvalue weighted by Gasteiger charge is 2.14. The van der Waals surface area contributed by atoms with Crippen LogP contribution in [0.4, 0.5) is 5.69 Å². The quantitative estimate of drug-likeness (QED) is 0.101. The van der Waals surface area contributed by atoms with Gasteiger partial charge in [-0.1, -0.05) is 56.9 Å². The number of unbranched alkanes of at least 4 members (excludes halogenated alkanes) is 7. The summed E-state index contributed by atoms with van der Waals surface area (Å²) in [5.74, 6) is -0.115. The zero-order valence-corrected chi connectivity index (χ0v) is 23.5. The molecule has 0 radical (unpaired) electrons. The lowest BCUT2D eigenvalue weighted by Gasteiger charge is -2.30. The van der Waals surface area contributed by atoms with E-state index < -0.39 is 0 Å². The van der Waals surface area contributed by atoms with Crippen molar-refractivity contribution in [2.24, 2.45) is 0 Å². The molecule has 0 fully saturated rings. The average molecular weight is 503 g/mol. The largest absolute Gasteiger partial charge is 0.464 e. The number of benzene rings is 1. The predicted octanol–water partition coefficient (Wildman–Crippen LogP) is 5.73. The van der Waals surface area contributed by atoms with Gasteiger partial charge in [0, 0.05) is 37.2 Å². The number of hydrogen-bond donors (Lipinski definition) is 1.